The van der Waals surface area contributed by atoms with Gasteiger partial charge in [0.05, 0.1) is 10.5 Å². The van der Waals surface area contributed by atoms with E-state index in [1.807, 2.05) is 13.8 Å². The van der Waals surface area contributed by atoms with Gasteiger partial charge in [0.15, 0.2) is 9.84 Å². The number of nitrogens with one attached hydrogen (secondary N) is 1. The lowest BCUT2D eigenvalue weighted by Crippen LogP contribution is -2.32. The second kappa shape index (κ2) is 8.24. The van der Waals surface area contributed by atoms with E-state index >= 15 is 0 Å². The Labute approximate surface area is 168 Å². The maximum absolute atomic E-state index is 13.8. The molecule has 1 N–H and O–H groups in total. The summed E-state index contributed by atoms with van der Waals surface area (Å²) >= 11 is 1.31. The summed E-state index contributed by atoms with van der Waals surface area (Å²) in [7, 11) is -3.75. The number of hydrogen-bond acceptors (Lipinski definition) is 4. The minimum absolute atomic E-state index is 0.115. The van der Waals surface area contributed by atoms with Crippen LogP contribution in [0, 0.1) is 19.7 Å². The fraction of sp³-hybridized carbons (Fsp3) is 0.190. The molecule has 1 atom stereocenters. The topological polar surface area (TPSA) is 63.2 Å². The number of rotatable bonds is 6. The molecule has 1 heterocycles. The van der Waals surface area contributed by atoms with Crippen molar-refractivity contribution in [3.05, 3.63) is 87.4 Å². The Balaban J connectivity index is 1.91. The number of benzene rings is 2. The molecule has 0 unspecified atom stereocenters. The van der Waals surface area contributed by atoms with Crippen LogP contribution in [0.1, 0.15) is 31.6 Å². The van der Waals surface area contributed by atoms with Crippen molar-refractivity contribution >= 4 is 27.1 Å². The Kier molecular flexibility index (Phi) is 5.96. The van der Waals surface area contributed by atoms with E-state index in [4.69, 9.17) is 0 Å². The van der Waals surface area contributed by atoms with Crippen molar-refractivity contribution in [1.82, 2.24) is 5.32 Å². The van der Waals surface area contributed by atoms with Gasteiger partial charge in [0.1, 0.15) is 11.1 Å². The highest BCUT2D eigenvalue weighted by atomic mass is 32.2. The van der Waals surface area contributed by atoms with Gasteiger partial charge in [0.2, 0.25) is 0 Å². The van der Waals surface area contributed by atoms with Crippen LogP contribution in [-0.2, 0) is 9.84 Å². The van der Waals surface area contributed by atoms with Crippen LogP contribution in [0.4, 0.5) is 4.39 Å². The SMILES string of the molecule is Cc1ccc(S(=O)(=O)[C@@H](CNC(=O)c2ccccc2F)c2cccs2)cc1C. The molecule has 1 aromatic heterocycles. The first-order chi connectivity index (χ1) is 13.3. The molecule has 28 heavy (non-hydrogen) atoms. The van der Waals surface area contributed by atoms with Gasteiger partial charge in [0, 0.05) is 11.4 Å². The lowest BCUT2D eigenvalue weighted by Gasteiger charge is -2.18. The van der Waals surface area contributed by atoms with Crippen LogP contribution in [-0.4, -0.2) is 20.9 Å². The van der Waals surface area contributed by atoms with Crippen molar-refractivity contribution < 1.29 is 17.6 Å². The third-order valence-electron chi connectivity index (χ3n) is 4.61. The van der Waals surface area contributed by atoms with E-state index < -0.39 is 26.8 Å². The average molecular weight is 418 g/mol. The second-order valence-electron chi connectivity index (χ2n) is 6.49. The van der Waals surface area contributed by atoms with E-state index in [-0.39, 0.29) is 17.0 Å². The molecule has 7 heteroatoms. The van der Waals surface area contributed by atoms with E-state index in [1.165, 1.54) is 29.5 Å². The number of halogens is 1. The van der Waals surface area contributed by atoms with Gasteiger partial charge in [-0.2, -0.15) is 0 Å². The predicted octanol–water partition coefficient (Wildman–Crippen LogP) is 4.45. The lowest BCUT2D eigenvalue weighted by atomic mass is 10.1. The Morgan fingerprint density at radius 3 is 2.46 bits per heavy atom. The summed E-state index contributed by atoms with van der Waals surface area (Å²) in [4.78, 5) is 13.2. The van der Waals surface area contributed by atoms with E-state index in [2.05, 4.69) is 5.32 Å². The van der Waals surface area contributed by atoms with E-state index in [1.54, 1.807) is 41.8 Å². The molecule has 0 fully saturated rings. The quantitative estimate of drug-likeness (QED) is 0.645. The standard InChI is InChI=1S/C21H20FNO3S2/c1-14-9-10-16(12-15(14)2)28(25,26)20(19-8-5-11-27-19)13-23-21(24)17-6-3-4-7-18(17)22/h3-12,20H,13H2,1-2H3,(H,23,24)/t20-/m0/s1. The maximum Gasteiger partial charge on any atom is 0.254 e. The summed E-state index contributed by atoms with van der Waals surface area (Å²) < 4.78 is 40.4. The molecular weight excluding hydrogens is 397 g/mol. The number of carbonyl (C=O) groups excluding carboxylic acids is 1. The van der Waals surface area contributed by atoms with Crippen molar-refractivity contribution in [1.29, 1.82) is 0 Å². The molecule has 3 aromatic rings. The number of hydrogen-bond donors (Lipinski definition) is 1. The van der Waals surface area contributed by atoms with Crippen LogP contribution in [0.15, 0.2) is 64.9 Å². The van der Waals surface area contributed by atoms with E-state index in [9.17, 15) is 17.6 Å². The van der Waals surface area contributed by atoms with Crippen LogP contribution in [0.2, 0.25) is 0 Å². The fourth-order valence-electron chi connectivity index (χ4n) is 2.82. The third kappa shape index (κ3) is 4.15. The zero-order valence-electron chi connectivity index (χ0n) is 15.5. The summed E-state index contributed by atoms with van der Waals surface area (Å²) in [6.45, 7) is 3.62. The summed E-state index contributed by atoms with van der Waals surface area (Å²) in [6.07, 6.45) is 0. The number of amides is 1. The van der Waals surface area contributed by atoms with Crippen LogP contribution in [0.5, 0.6) is 0 Å². The molecule has 0 radical (unpaired) electrons. The van der Waals surface area contributed by atoms with Gasteiger partial charge in [0.25, 0.3) is 5.91 Å². The van der Waals surface area contributed by atoms with Crippen LogP contribution in [0.25, 0.3) is 0 Å². The highest BCUT2D eigenvalue weighted by molar-refractivity contribution is 7.91. The van der Waals surface area contributed by atoms with Gasteiger partial charge in [-0.25, -0.2) is 12.8 Å². The first kappa shape index (κ1) is 20.2. The molecule has 2 aromatic carbocycles. The fourth-order valence-corrected chi connectivity index (χ4v) is 5.69. The van der Waals surface area contributed by atoms with Crippen LogP contribution < -0.4 is 5.32 Å². The first-order valence-electron chi connectivity index (χ1n) is 8.68. The van der Waals surface area contributed by atoms with Gasteiger partial charge in [-0.1, -0.05) is 24.3 Å². The van der Waals surface area contributed by atoms with Gasteiger partial charge < -0.3 is 5.32 Å². The highest BCUT2D eigenvalue weighted by Crippen LogP contribution is 2.32. The molecule has 0 aliphatic carbocycles. The Morgan fingerprint density at radius 2 is 1.82 bits per heavy atom. The summed E-state index contributed by atoms with van der Waals surface area (Å²) in [5.74, 6) is -1.29. The maximum atomic E-state index is 13.8. The van der Waals surface area contributed by atoms with Crippen molar-refractivity contribution in [2.24, 2.45) is 0 Å². The molecule has 0 spiro atoms. The molecule has 0 bridgehead atoms. The van der Waals surface area contributed by atoms with E-state index in [0.29, 0.717) is 4.88 Å². The zero-order chi connectivity index (χ0) is 20.3. The lowest BCUT2D eigenvalue weighted by molar-refractivity contribution is 0.0949. The van der Waals surface area contributed by atoms with Crippen molar-refractivity contribution in [2.75, 3.05) is 6.54 Å². The normalized spacial score (nSPS) is 12.5. The minimum atomic E-state index is -3.75. The number of sulfone groups is 1. The number of thiophene rings is 1. The predicted molar refractivity (Wildman–Crippen MR) is 109 cm³/mol. The number of carbonyl (C=O) groups is 1. The van der Waals surface area contributed by atoms with Gasteiger partial charge >= 0.3 is 0 Å². The summed E-state index contributed by atoms with van der Waals surface area (Å²) in [5, 5.41) is 3.41. The van der Waals surface area contributed by atoms with E-state index in [0.717, 1.165) is 11.1 Å². The number of aryl methyl sites for hydroxylation is 2. The largest absolute Gasteiger partial charge is 0.350 e. The average Bonchev–Trinajstić information content (AvgIpc) is 3.18. The summed E-state index contributed by atoms with van der Waals surface area (Å²) in [6, 6.07) is 14.1. The highest BCUT2D eigenvalue weighted by Gasteiger charge is 2.31. The monoisotopic (exact) mass is 417 g/mol. The van der Waals surface area contributed by atoms with Crippen molar-refractivity contribution in [3.63, 3.8) is 0 Å². The van der Waals surface area contributed by atoms with Crippen LogP contribution >= 0.6 is 11.3 Å². The Bertz CT molecular complexity index is 1090. The van der Waals surface area contributed by atoms with Crippen molar-refractivity contribution in [3.8, 4) is 0 Å². The molecular formula is C21H20FNO3S2. The molecule has 3 rings (SSSR count). The Hall–Kier alpha value is -2.51. The van der Waals surface area contributed by atoms with Gasteiger partial charge in [-0.15, -0.1) is 11.3 Å². The molecule has 0 saturated heterocycles. The molecule has 0 saturated carbocycles. The molecule has 1 amide bonds. The van der Waals surface area contributed by atoms with Crippen LogP contribution in [0.3, 0.4) is 0 Å². The summed E-state index contributed by atoms with van der Waals surface area (Å²) in [5.41, 5.74) is 1.76. The molecule has 146 valence electrons. The minimum Gasteiger partial charge on any atom is -0.350 e. The second-order valence-corrected chi connectivity index (χ2v) is 9.59. The van der Waals surface area contributed by atoms with Gasteiger partial charge in [-0.3, -0.25) is 4.79 Å². The zero-order valence-corrected chi connectivity index (χ0v) is 17.1. The smallest absolute Gasteiger partial charge is 0.254 e. The first-order valence-corrected chi connectivity index (χ1v) is 11.1. The molecule has 0 aliphatic rings. The Morgan fingerprint density at radius 1 is 1.07 bits per heavy atom. The van der Waals surface area contributed by atoms with Crippen molar-refractivity contribution in [2.45, 2.75) is 24.0 Å². The molecule has 4 nitrogen and oxygen atoms in total. The van der Waals surface area contributed by atoms with Gasteiger partial charge in [-0.05, 0) is 60.7 Å². The molecule has 0 aliphatic heterocycles. The third-order valence-corrected chi connectivity index (χ3v) is 7.82.